The minimum Gasteiger partial charge on any atom is -0.409 e. The smallest absolute Gasteiger partial charge is 0.170 e. The summed E-state index contributed by atoms with van der Waals surface area (Å²) in [6.45, 7) is 4.85. The number of likely N-dealkylation sites (tertiary alicyclic amines) is 1. The second-order valence-corrected chi connectivity index (χ2v) is 6.04. The second-order valence-electron chi connectivity index (χ2n) is 6.04. The zero-order valence-electron chi connectivity index (χ0n) is 12.8. The van der Waals surface area contributed by atoms with Gasteiger partial charge in [-0.15, -0.1) is 0 Å². The molecule has 1 heterocycles. The number of benzene rings is 1. The summed E-state index contributed by atoms with van der Waals surface area (Å²) in [4.78, 5) is 4.54. The molecule has 0 bridgehead atoms. The van der Waals surface area contributed by atoms with E-state index in [4.69, 9.17) is 10.9 Å². The molecule has 116 valence electrons. The first-order valence-electron chi connectivity index (χ1n) is 7.07. The number of hydrogen-bond donors (Lipinski definition) is 2. The molecule has 2 unspecified atom stereocenters. The number of hydrogen-bond acceptors (Lipinski definition) is 4. The summed E-state index contributed by atoms with van der Waals surface area (Å²) in [7, 11) is 4.17. The van der Waals surface area contributed by atoms with Crippen molar-refractivity contribution >= 4 is 5.84 Å². The van der Waals surface area contributed by atoms with Gasteiger partial charge in [0.2, 0.25) is 0 Å². The van der Waals surface area contributed by atoms with E-state index in [9.17, 15) is 4.39 Å². The van der Waals surface area contributed by atoms with Crippen molar-refractivity contribution in [1.29, 1.82) is 0 Å². The molecule has 2 rings (SSSR count). The van der Waals surface area contributed by atoms with Gasteiger partial charge in [0.15, 0.2) is 5.84 Å². The maximum atomic E-state index is 13.7. The molecule has 0 aliphatic carbocycles. The van der Waals surface area contributed by atoms with E-state index in [1.165, 1.54) is 12.1 Å². The molecule has 0 amide bonds. The van der Waals surface area contributed by atoms with Crippen LogP contribution in [0.15, 0.2) is 23.4 Å². The van der Waals surface area contributed by atoms with E-state index < -0.39 is 0 Å². The van der Waals surface area contributed by atoms with Crippen molar-refractivity contribution in [2.75, 3.05) is 27.2 Å². The van der Waals surface area contributed by atoms with Crippen molar-refractivity contribution in [1.82, 2.24) is 9.80 Å². The van der Waals surface area contributed by atoms with Gasteiger partial charge in [0, 0.05) is 31.2 Å². The SMILES string of the molecule is CC1CN(Cc2cc(F)cc(/C(N)=N/O)c2)CC1N(C)C. The molecule has 2 atom stereocenters. The Morgan fingerprint density at radius 2 is 2.14 bits per heavy atom. The lowest BCUT2D eigenvalue weighted by Gasteiger charge is -2.22. The van der Waals surface area contributed by atoms with Crippen LogP contribution in [0.1, 0.15) is 18.1 Å². The van der Waals surface area contributed by atoms with Crippen molar-refractivity contribution in [3.05, 3.63) is 35.1 Å². The Hall–Kier alpha value is -1.66. The third-order valence-electron chi connectivity index (χ3n) is 4.08. The van der Waals surface area contributed by atoms with Crippen LogP contribution in [0, 0.1) is 11.7 Å². The molecule has 0 spiro atoms. The van der Waals surface area contributed by atoms with E-state index in [0.717, 1.165) is 18.7 Å². The van der Waals surface area contributed by atoms with Gasteiger partial charge in [-0.1, -0.05) is 12.1 Å². The third-order valence-corrected chi connectivity index (χ3v) is 4.08. The lowest BCUT2D eigenvalue weighted by Crippen LogP contribution is -2.34. The standard InChI is InChI=1S/C15H23FN4O/c1-10-7-20(9-14(10)19(2)3)8-11-4-12(15(17)18-21)6-13(16)5-11/h4-6,10,14,21H,7-9H2,1-3H3,(H2,17,18). The van der Waals surface area contributed by atoms with E-state index in [-0.39, 0.29) is 11.7 Å². The molecule has 21 heavy (non-hydrogen) atoms. The zero-order valence-corrected chi connectivity index (χ0v) is 12.8. The number of likely N-dealkylation sites (N-methyl/N-ethyl adjacent to an activating group) is 1. The van der Waals surface area contributed by atoms with E-state index in [0.29, 0.717) is 24.1 Å². The normalized spacial score (nSPS) is 24.0. The van der Waals surface area contributed by atoms with Gasteiger partial charge in [0.1, 0.15) is 5.82 Å². The monoisotopic (exact) mass is 294 g/mol. The van der Waals surface area contributed by atoms with Gasteiger partial charge in [-0.05, 0) is 43.8 Å². The van der Waals surface area contributed by atoms with E-state index in [1.54, 1.807) is 6.07 Å². The average molecular weight is 294 g/mol. The first kappa shape index (κ1) is 15.7. The number of halogens is 1. The first-order valence-corrected chi connectivity index (χ1v) is 7.07. The van der Waals surface area contributed by atoms with Gasteiger partial charge in [0.05, 0.1) is 0 Å². The first-order chi connectivity index (χ1) is 9.90. The molecule has 1 fully saturated rings. The second kappa shape index (κ2) is 6.41. The van der Waals surface area contributed by atoms with Gasteiger partial charge in [-0.3, -0.25) is 4.90 Å². The number of oxime groups is 1. The number of amidine groups is 1. The highest BCUT2D eigenvalue weighted by Crippen LogP contribution is 2.22. The Morgan fingerprint density at radius 1 is 1.43 bits per heavy atom. The Labute approximate surface area is 124 Å². The maximum absolute atomic E-state index is 13.7. The fourth-order valence-corrected chi connectivity index (χ4v) is 3.05. The Kier molecular flexibility index (Phi) is 4.80. The molecule has 0 saturated carbocycles. The Bertz CT molecular complexity index is 532. The highest BCUT2D eigenvalue weighted by Gasteiger charge is 2.30. The van der Waals surface area contributed by atoms with Gasteiger partial charge in [-0.25, -0.2) is 4.39 Å². The van der Waals surface area contributed by atoms with Crippen molar-refractivity contribution in [2.45, 2.75) is 19.5 Å². The highest BCUT2D eigenvalue weighted by molar-refractivity contribution is 5.97. The van der Waals surface area contributed by atoms with Gasteiger partial charge < -0.3 is 15.8 Å². The molecular formula is C15H23FN4O. The molecule has 1 aliphatic rings. The molecule has 6 heteroatoms. The van der Waals surface area contributed by atoms with Crippen LogP contribution in [0.25, 0.3) is 0 Å². The van der Waals surface area contributed by atoms with Gasteiger partial charge in [0.25, 0.3) is 0 Å². The van der Waals surface area contributed by atoms with Crippen molar-refractivity contribution in [2.24, 2.45) is 16.8 Å². The molecule has 3 N–H and O–H groups in total. The summed E-state index contributed by atoms with van der Waals surface area (Å²) < 4.78 is 13.7. The van der Waals surface area contributed by atoms with Crippen LogP contribution in [0.4, 0.5) is 4.39 Å². The fourth-order valence-electron chi connectivity index (χ4n) is 3.05. The summed E-state index contributed by atoms with van der Waals surface area (Å²) in [5, 5.41) is 11.6. The molecule has 0 aromatic heterocycles. The summed E-state index contributed by atoms with van der Waals surface area (Å²) in [5.74, 6) is 0.138. The molecule has 5 nitrogen and oxygen atoms in total. The highest BCUT2D eigenvalue weighted by atomic mass is 19.1. The Morgan fingerprint density at radius 3 is 2.71 bits per heavy atom. The fraction of sp³-hybridized carbons (Fsp3) is 0.533. The predicted molar refractivity (Wildman–Crippen MR) is 80.8 cm³/mol. The van der Waals surface area contributed by atoms with E-state index in [1.807, 2.05) is 0 Å². The van der Waals surface area contributed by atoms with Crippen LogP contribution < -0.4 is 5.73 Å². The molecule has 1 aromatic carbocycles. The van der Waals surface area contributed by atoms with Gasteiger partial charge >= 0.3 is 0 Å². The van der Waals surface area contributed by atoms with Crippen LogP contribution in [0.3, 0.4) is 0 Å². The van der Waals surface area contributed by atoms with Crippen LogP contribution in [0.2, 0.25) is 0 Å². The number of nitrogens with two attached hydrogens (primary N) is 1. The maximum Gasteiger partial charge on any atom is 0.170 e. The minimum absolute atomic E-state index is 0.0725. The van der Waals surface area contributed by atoms with Crippen molar-refractivity contribution in [3.63, 3.8) is 0 Å². The van der Waals surface area contributed by atoms with E-state index >= 15 is 0 Å². The summed E-state index contributed by atoms with van der Waals surface area (Å²) in [6, 6.07) is 5.06. The summed E-state index contributed by atoms with van der Waals surface area (Å²) >= 11 is 0. The summed E-state index contributed by atoms with van der Waals surface area (Å²) in [6.07, 6.45) is 0. The Balaban J connectivity index is 2.12. The quantitative estimate of drug-likeness (QED) is 0.380. The largest absolute Gasteiger partial charge is 0.409 e. The van der Waals surface area contributed by atoms with Crippen molar-refractivity contribution < 1.29 is 9.60 Å². The number of rotatable bonds is 4. The lowest BCUT2D eigenvalue weighted by atomic mass is 10.1. The minimum atomic E-state index is -0.370. The molecule has 0 radical (unpaired) electrons. The van der Waals surface area contributed by atoms with Gasteiger partial charge in [-0.2, -0.15) is 0 Å². The number of nitrogens with zero attached hydrogens (tertiary/aromatic N) is 3. The lowest BCUT2D eigenvalue weighted by molar-refractivity contribution is 0.250. The van der Waals surface area contributed by atoms with Crippen LogP contribution in [-0.2, 0) is 6.54 Å². The van der Waals surface area contributed by atoms with E-state index in [2.05, 4.69) is 36.0 Å². The molecule has 1 saturated heterocycles. The average Bonchev–Trinajstić information content (AvgIpc) is 2.78. The predicted octanol–water partition coefficient (Wildman–Crippen LogP) is 1.30. The summed E-state index contributed by atoms with van der Waals surface area (Å²) in [5.41, 5.74) is 6.78. The molecule has 1 aromatic rings. The topological polar surface area (TPSA) is 65.1 Å². The van der Waals surface area contributed by atoms with Crippen LogP contribution in [-0.4, -0.2) is 54.1 Å². The van der Waals surface area contributed by atoms with Crippen LogP contribution >= 0.6 is 0 Å². The third kappa shape index (κ3) is 3.71. The molecule has 1 aliphatic heterocycles. The molecular weight excluding hydrogens is 271 g/mol. The van der Waals surface area contributed by atoms with Crippen molar-refractivity contribution in [3.8, 4) is 0 Å². The zero-order chi connectivity index (χ0) is 15.6. The van der Waals surface area contributed by atoms with Crippen LogP contribution in [0.5, 0.6) is 0 Å².